The van der Waals surface area contributed by atoms with E-state index < -0.39 is 0 Å². The molecule has 2 aromatic rings. The fraction of sp³-hybridized carbons (Fsp3) is 0.333. The first-order chi connectivity index (χ1) is 14.5. The van der Waals surface area contributed by atoms with Gasteiger partial charge < -0.3 is 10.0 Å². The summed E-state index contributed by atoms with van der Waals surface area (Å²) < 4.78 is 0. The van der Waals surface area contributed by atoms with E-state index in [4.69, 9.17) is 0 Å². The predicted octanol–water partition coefficient (Wildman–Crippen LogP) is 0.648. The molecule has 2 N–H and O–H groups in total. The number of quaternary nitrogens is 1. The van der Waals surface area contributed by atoms with Crippen LogP contribution >= 0.6 is 0 Å². The maximum absolute atomic E-state index is 12.3. The number of hydrazone groups is 1. The molecule has 2 aromatic carbocycles. The van der Waals surface area contributed by atoms with Gasteiger partial charge in [0.2, 0.25) is 0 Å². The van der Waals surface area contributed by atoms with Crippen LogP contribution in [-0.4, -0.2) is 49.7 Å². The van der Waals surface area contributed by atoms with Gasteiger partial charge in [0.25, 0.3) is 5.91 Å². The number of amides is 1. The lowest BCUT2D eigenvalue weighted by Crippen LogP contribution is -3.15. The van der Waals surface area contributed by atoms with Crippen LogP contribution in [0.1, 0.15) is 22.3 Å². The van der Waals surface area contributed by atoms with Gasteiger partial charge in [-0.15, -0.1) is 6.58 Å². The number of para-hydroxylation sites is 1. The molecule has 0 aromatic heterocycles. The Hall–Kier alpha value is -2.96. The van der Waals surface area contributed by atoms with Crippen molar-refractivity contribution >= 4 is 12.1 Å². The minimum atomic E-state index is -0.136. The highest BCUT2D eigenvalue weighted by molar-refractivity contribution is 5.85. The van der Waals surface area contributed by atoms with Crippen molar-refractivity contribution in [1.29, 1.82) is 0 Å². The number of aryl methyl sites for hydroxylation is 1. The molecule has 1 amide bonds. The first kappa shape index (κ1) is 21.7. The highest BCUT2D eigenvalue weighted by atomic mass is 16.3. The summed E-state index contributed by atoms with van der Waals surface area (Å²) in [5, 5.41) is 16.2. The van der Waals surface area contributed by atoms with Crippen molar-refractivity contribution in [3.05, 3.63) is 77.4 Å². The molecule has 0 unspecified atom stereocenters. The zero-order valence-electron chi connectivity index (χ0n) is 17.6. The van der Waals surface area contributed by atoms with E-state index in [0.29, 0.717) is 24.1 Å². The van der Waals surface area contributed by atoms with Crippen molar-refractivity contribution in [2.45, 2.75) is 19.9 Å². The Morgan fingerprint density at radius 3 is 2.67 bits per heavy atom. The van der Waals surface area contributed by atoms with E-state index >= 15 is 0 Å². The summed E-state index contributed by atoms with van der Waals surface area (Å²) in [6, 6.07) is 13.9. The van der Waals surface area contributed by atoms with Crippen molar-refractivity contribution in [2.24, 2.45) is 5.10 Å². The minimum Gasteiger partial charge on any atom is -0.872 e. The summed E-state index contributed by atoms with van der Waals surface area (Å²) in [6.45, 7) is 10.9. The molecule has 3 rings (SSSR count). The molecular weight excluding hydrogens is 376 g/mol. The summed E-state index contributed by atoms with van der Waals surface area (Å²) >= 11 is 0. The lowest BCUT2D eigenvalue weighted by molar-refractivity contribution is -0.896. The van der Waals surface area contributed by atoms with Crippen LogP contribution in [0.5, 0.6) is 5.75 Å². The standard InChI is InChI=1S/C24H30N4O2/c1-3-5-21-6-4-7-22(24(21)30)16-25-26-23(29)18-28-14-12-27(13-15-28)17-20-10-8-19(2)9-11-20/h3-4,6-11,16,30H,1,5,12-15,17-18H2,2H3,(H,26,29). The Morgan fingerprint density at radius 2 is 1.97 bits per heavy atom. The van der Waals surface area contributed by atoms with Gasteiger partial charge in [-0.25, -0.2) is 5.43 Å². The maximum Gasteiger partial charge on any atom is 0.295 e. The molecule has 0 saturated carbocycles. The molecule has 1 heterocycles. The van der Waals surface area contributed by atoms with Gasteiger partial charge in [0, 0.05) is 19.6 Å². The van der Waals surface area contributed by atoms with E-state index in [2.05, 4.69) is 53.2 Å². The second-order valence-electron chi connectivity index (χ2n) is 7.81. The predicted molar refractivity (Wildman–Crippen MR) is 118 cm³/mol. The maximum atomic E-state index is 12.3. The van der Waals surface area contributed by atoms with Crippen LogP contribution in [0, 0.1) is 6.92 Å². The van der Waals surface area contributed by atoms with Crippen molar-refractivity contribution in [2.75, 3.05) is 32.7 Å². The number of hydrogen-bond donors (Lipinski definition) is 2. The quantitative estimate of drug-likeness (QED) is 0.384. The third kappa shape index (κ3) is 6.27. The molecule has 0 atom stereocenters. The van der Waals surface area contributed by atoms with Crippen LogP contribution in [0.3, 0.4) is 0 Å². The molecular formula is C24H30N4O2. The molecule has 1 aliphatic rings. The molecule has 0 bridgehead atoms. The SMILES string of the molecule is C=CCc1cccc(C=NNC(=O)C[NH+]2CCN(Cc3ccc(C)cc3)CC2)c1[O-]. The van der Waals surface area contributed by atoms with Crippen LogP contribution in [0.15, 0.2) is 60.2 Å². The average Bonchev–Trinajstić information content (AvgIpc) is 2.74. The summed E-state index contributed by atoms with van der Waals surface area (Å²) in [5.41, 5.74) is 6.29. The molecule has 6 heteroatoms. The second-order valence-corrected chi connectivity index (χ2v) is 7.81. The topological polar surface area (TPSA) is 72.2 Å². The average molecular weight is 407 g/mol. The Kier molecular flexibility index (Phi) is 7.76. The van der Waals surface area contributed by atoms with Gasteiger partial charge in [-0.1, -0.05) is 65.4 Å². The van der Waals surface area contributed by atoms with Crippen molar-refractivity contribution in [3.63, 3.8) is 0 Å². The first-order valence-electron chi connectivity index (χ1n) is 10.4. The van der Waals surface area contributed by atoms with Crippen molar-refractivity contribution in [1.82, 2.24) is 10.3 Å². The summed E-state index contributed by atoms with van der Waals surface area (Å²) in [7, 11) is 0. The molecule has 6 nitrogen and oxygen atoms in total. The molecule has 30 heavy (non-hydrogen) atoms. The zero-order chi connectivity index (χ0) is 21.3. The number of nitrogens with zero attached hydrogens (tertiary/aromatic N) is 2. The van der Waals surface area contributed by atoms with Crippen LogP contribution in [0.2, 0.25) is 0 Å². The Morgan fingerprint density at radius 1 is 1.23 bits per heavy atom. The van der Waals surface area contributed by atoms with E-state index in [1.165, 1.54) is 22.2 Å². The molecule has 1 aliphatic heterocycles. The van der Waals surface area contributed by atoms with Gasteiger partial charge in [-0.2, -0.15) is 5.10 Å². The summed E-state index contributed by atoms with van der Waals surface area (Å²) in [4.78, 5) is 15.9. The van der Waals surface area contributed by atoms with Crippen LogP contribution in [0.4, 0.5) is 0 Å². The van der Waals surface area contributed by atoms with Crippen molar-refractivity contribution in [3.8, 4) is 5.75 Å². The number of nitrogens with one attached hydrogen (secondary N) is 2. The number of rotatable bonds is 8. The Labute approximate surface area is 178 Å². The number of piperazine rings is 1. The van der Waals surface area contributed by atoms with Gasteiger partial charge in [0.15, 0.2) is 6.54 Å². The highest BCUT2D eigenvalue weighted by Gasteiger charge is 2.22. The number of benzene rings is 2. The number of hydrogen-bond acceptors (Lipinski definition) is 4. The van der Waals surface area contributed by atoms with Crippen LogP contribution in [0.25, 0.3) is 0 Å². The van der Waals surface area contributed by atoms with Crippen LogP contribution in [-0.2, 0) is 17.8 Å². The number of carbonyl (C=O) groups excluding carboxylic acids is 1. The lowest BCUT2D eigenvalue weighted by Gasteiger charge is -2.31. The zero-order valence-corrected chi connectivity index (χ0v) is 17.6. The van der Waals surface area contributed by atoms with Crippen LogP contribution < -0.4 is 15.4 Å². The largest absolute Gasteiger partial charge is 0.872 e. The summed E-state index contributed by atoms with van der Waals surface area (Å²) in [6.07, 6.45) is 3.64. The van der Waals surface area contributed by atoms with Gasteiger partial charge in [0.05, 0.1) is 19.3 Å². The lowest BCUT2D eigenvalue weighted by atomic mass is 10.1. The smallest absolute Gasteiger partial charge is 0.295 e. The van der Waals surface area contributed by atoms with E-state index in [1.807, 2.05) is 6.07 Å². The third-order valence-electron chi connectivity index (χ3n) is 5.38. The van der Waals surface area contributed by atoms with E-state index in [0.717, 1.165) is 32.7 Å². The normalized spacial score (nSPS) is 15.4. The summed E-state index contributed by atoms with van der Waals surface area (Å²) in [5.74, 6) is -0.214. The molecule has 0 spiro atoms. The van der Waals surface area contributed by atoms with Gasteiger partial charge in [-0.05, 0) is 24.5 Å². The number of carbonyl (C=O) groups is 1. The molecule has 0 radical (unpaired) electrons. The minimum absolute atomic E-state index is 0.0780. The fourth-order valence-corrected chi connectivity index (χ4v) is 3.62. The van der Waals surface area contributed by atoms with Gasteiger partial charge in [-0.3, -0.25) is 9.69 Å². The molecule has 158 valence electrons. The Bertz CT molecular complexity index is 885. The fourth-order valence-electron chi connectivity index (χ4n) is 3.62. The molecule has 1 fully saturated rings. The highest BCUT2D eigenvalue weighted by Crippen LogP contribution is 2.18. The van der Waals surface area contributed by atoms with E-state index in [1.54, 1.807) is 18.2 Å². The van der Waals surface area contributed by atoms with Gasteiger partial charge in [0.1, 0.15) is 0 Å². The molecule has 1 saturated heterocycles. The number of allylic oxidation sites excluding steroid dienone is 1. The molecule has 0 aliphatic carbocycles. The monoisotopic (exact) mass is 406 g/mol. The van der Waals surface area contributed by atoms with E-state index in [9.17, 15) is 9.90 Å². The van der Waals surface area contributed by atoms with E-state index in [-0.39, 0.29) is 11.7 Å². The van der Waals surface area contributed by atoms with Crippen molar-refractivity contribution < 1.29 is 14.8 Å². The Balaban J connectivity index is 1.42. The van der Waals surface area contributed by atoms with Gasteiger partial charge >= 0.3 is 0 Å². The second kappa shape index (κ2) is 10.7. The third-order valence-corrected chi connectivity index (χ3v) is 5.38. The first-order valence-corrected chi connectivity index (χ1v) is 10.4.